The zero-order chi connectivity index (χ0) is 16.2. The number of ether oxygens (including phenoxy) is 3. The van der Waals surface area contributed by atoms with Gasteiger partial charge in [-0.3, -0.25) is 0 Å². The molecule has 1 aromatic carbocycles. The molecule has 0 saturated carbocycles. The summed E-state index contributed by atoms with van der Waals surface area (Å²) in [6.45, 7) is 2.46. The molecule has 1 atom stereocenters. The molecule has 0 amide bonds. The second-order valence-corrected chi connectivity index (χ2v) is 4.52. The minimum absolute atomic E-state index is 0.00830. The average molecular weight is 306 g/mol. The van der Waals surface area contributed by atoms with Gasteiger partial charge in [0.25, 0.3) is 0 Å². The average Bonchev–Trinajstić information content (AvgIpc) is 2.53. The van der Waals surface area contributed by atoms with Gasteiger partial charge >= 0.3 is 5.97 Å². The smallest absolute Gasteiger partial charge is 0.384 e. The Hall–Kier alpha value is -2.03. The third kappa shape index (κ3) is 7.11. The first-order valence-electron chi connectivity index (χ1n) is 7.20. The Morgan fingerprint density at radius 3 is 2.64 bits per heavy atom. The molecule has 0 radical (unpaired) electrons. The van der Waals surface area contributed by atoms with E-state index in [2.05, 4.69) is 11.8 Å². The van der Waals surface area contributed by atoms with Gasteiger partial charge in [0.1, 0.15) is 5.75 Å². The van der Waals surface area contributed by atoms with Crippen LogP contribution in [0.1, 0.15) is 25.3 Å². The molecule has 0 fully saturated rings. The molecular formula is C17H22O5. The summed E-state index contributed by atoms with van der Waals surface area (Å²) in [5.41, 5.74) is 1.00. The summed E-state index contributed by atoms with van der Waals surface area (Å²) in [6, 6.07) is 7.55. The molecular weight excluding hydrogens is 284 g/mol. The van der Waals surface area contributed by atoms with Crippen molar-refractivity contribution in [1.82, 2.24) is 0 Å². The van der Waals surface area contributed by atoms with Crippen LogP contribution in [0.3, 0.4) is 0 Å². The van der Waals surface area contributed by atoms with E-state index < -0.39 is 5.97 Å². The van der Waals surface area contributed by atoms with Gasteiger partial charge in [0.15, 0.2) is 0 Å². The summed E-state index contributed by atoms with van der Waals surface area (Å²) in [6.07, 6.45) is 0.609. The Kier molecular flexibility index (Phi) is 8.73. The molecule has 5 nitrogen and oxygen atoms in total. The maximum absolute atomic E-state index is 11.1. The fraction of sp³-hybridized carbons (Fsp3) is 0.471. The van der Waals surface area contributed by atoms with Crippen LogP contribution in [-0.2, 0) is 20.9 Å². The molecule has 0 aliphatic rings. The predicted octanol–water partition coefficient (Wildman–Crippen LogP) is 1.92. The highest BCUT2D eigenvalue weighted by molar-refractivity contribution is 5.88. The highest BCUT2D eigenvalue weighted by Gasteiger charge is 2.08. The molecule has 22 heavy (non-hydrogen) atoms. The molecule has 0 bridgehead atoms. The quantitative estimate of drug-likeness (QED) is 0.451. The molecule has 0 saturated heterocycles. The number of aliphatic hydroxyl groups excluding tert-OH is 1. The van der Waals surface area contributed by atoms with Crippen LogP contribution in [0.25, 0.3) is 0 Å². The van der Waals surface area contributed by atoms with Crippen LogP contribution in [0.4, 0.5) is 0 Å². The second-order valence-electron chi connectivity index (χ2n) is 4.52. The van der Waals surface area contributed by atoms with E-state index in [4.69, 9.17) is 19.3 Å². The van der Waals surface area contributed by atoms with Crippen LogP contribution in [0, 0.1) is 11.8 Å². The zero-order valence-electron chi connectivity index (χ0n) is 13.0. The van der Waals surface area contributed by atoms with Gasteiger partial charge in [0.05, 0.1) is 26.4 Å². The standard InChI is InChI=1S/C17H22O5/c1-3-21-17(19)6-4-5-16(11-12-18)22-13-14-7-9-15(20-2)10-8-14/h7-10,16,18H,3,5,11-13H2,1-2H3. The molecule has 1 aromatic rings. The summed E-state index contributed by atoms with van der Waals surface area (Å²) >= 11 is 0. The monoisotopic (exact) mass is 306 g/mol. The lowest BCUT2D eigenvalue weighted by molar-refractivity contribution is -0.136. The Morgan fingerprint density at radius 1 is 1.32 bits per heavy atom. The summed E-state index contributed by atoms with van der Waals surface area (Å²) < 4.78 is 15.5. The third-order valence-electron chi connectivity index (χ3n) is 2.89. The van der Waals surface area contributed by atoms with E-state index in [0.717, 1.165) is 11.3 Å². The van der Waals surface area contributed by atoms with Gasteiger partial charge in [-0.15, -0.1) is 0 Å². The molecule has 0 heterocycles. The first kappa shape index (κ1) is 18.0. The molecule has 0 aliphatic carbocycles. The van der Waals surface area contributed by atoms with Crippen LogP contribution in [0.15, 0.2) is 24.3 Å². The Bertz CT molecular complexity index is 498. The van der Waals surface area contributed by atoms with Crippen molar-refractivity contribution < 1.29 is 24.1 Å². The Labute approximate surface area is 131 Å². The van der Waals surface area contributed by atoms with Crippen LogP contribution in [-0.4, -0.2) is 37.5 Å². The number of aliphatic hydroxyl groups is 1. The first-order chi connectivity index (χ1) is 10.7. The summed E-state index contributed by atoms with van der Waals surface area (Å²) in [5, 5.41) is 9.06. The molecule has 1 rings (SSSR count). The highest BCUT2D eigenvalue weighted by Crippen LogP contribution is 2.14. The summed E-state index contributed by atoms with van der Waals surface area (Å²) in [5.74, 6) is 5.37. The van der Waals surface area contributed by atoms with Gasteiger partial charge < -0.3 is 19.3 Å². The number of benzene rings is 1. The summed E-state index contributed by atoms with van der Waals surface area (Å²) in [4.78, 5) is 11.1. The van der Waals surface area contributed by atoms with E-state index in [-0.39, 0.29) is 12.7 Å². The van der Waals surface area contributed by atoms with E-state index in [1.165, 1.54) is 0 Å². The van der Waals surface area contributed by atoms with Crippen molar-refractivity contribution in [1.29, 1.82) is 0 Å². The number of esters is 1. The van der Waals surface area contributed by atoms with Gasteiger partial charge in [0, 0.05) is 18.9 Å². The number of methoxy groups -OCH3 is 1. The van der Waals surface area contributed by atoms with Crippen molar-refractivity contribution in [3.63, 3.8) is 0 Å². The Balaban J connectivity index is 2.47. The molecule has 0 spiro atoms. The van der Waals surface area contributed by atoms with Gasteiger partial charge in [0.2, 0.25) is 0 Å². The van der Waals surface area contributed by atoms with E-state index in [1.807, 2.05) is 24.3 Å². The SMILES string of the molecule is CCOC(=O)C#CCC(CCO)OCc1ccc(OC)cc1. The van der Waals surface area contributed by atoms with Crippen LogP contribution in [0.2, 0.25) is 0 Å². The van der Waals surface area contributed by atoms with Gasteiger partial charge in [-0.05, 0) is 31.0 Å². The number of carbonyl (C=O) groups excluding carboxylic acids is 1. The molecule has 0 aliphatic heterocycles. The van der Waals surface area contributed by atoms with Crippen molar-refractivity contribution in [2.45, 2.75) is 32.5 Å². The van der Waals surface area contributed by atoms with E-state index >= 15 is 0 Å². The fourth-order valence-electron chi connectivity index (χ4n) is 1.73. The van der Waals surface area contributed by atoms with Crippen LogP contribution >= 0.6 is 0 Å². The number of carbonyl (C=O) groups is 1. The maximum Gasteiger partial charge on any atom is 0.384 e. The molecule has 0 aromatic heterocycles. The van der Waals surface area contributed by atoms with Crippen molar-refractivity contribution in [3.8, 4) is 17.6 Å². The van der Waals surface area contributed by atoms with E-state index in [9.17, 15) is 4.79 Å². The molecule has 120 valence electrons. The minimum Gasteiger partial charge on any atom is -0.497 e. The van der Waals surface area contributed by atoms with Gasteiger partial charge in [-0.2, -0.15) is 0 Å². The minimum atomic E-state index is -0.541. The highest BCUT2D eigenvalue weighted by atomic mass is 16.5. The fourth-order valence-corrected chi connectivity index (χ4v) is 1.73. The van der Waals surface area contributed by atoms with Crippen molar-refractivity contribution in [3.05, 3.63) is 29.8 Å². The maximum atomic E-state index is 11.1. The topological polar surface area (TPSA) is 65.0 Å². The van der Waals surface area contributed by atoms with Crippen molar-refractivity contribution in [2.24, 2.45) is 0 Å². The molecule has 1 N–H and O–H groups in total. The first-order valence-corrected chi connectivity index (χ1v) is 7.20. The van der Waals surface area contributed by atoms with E-state index in [0.29, 0.717) is 26.1 Å². The lowest BCUT2D eigenvalue weighted by Crippen LogP contribution is -2.14. The molecule has 5 heteroatoms. The zero-order valence-corrected chi connectivity index (χ0v) is 13.0. The van der Waals surface area contributed by atoms with E-state index in [1.54, 1.807) is 14.0 Å². The van der Waals surface area contributed by atoms with Crippen molar-refractivity contribution in [2.75, 3.05) is 20.3 Å². The molecule has 1 unspecified atom stereocenters. The number of hydrogen-bond acceptors (Lipinski definition) is 5. The Morgan fingerprint density at radius 2 is 2.05 bits per heavy atom. The van der Waals surface area contributed by atoms with Gasteiger partial charge in [-0.25, -0.2) is 4.79 Å². The third-order valence-corrected chi connectivity index (χ3v) is 2.89. The van der Waals surface area contributed by atoms with Crippen LogP contribution < -0.4 is 4.74 Å². The van der Waals surface area contributed by atoms with Crippen molar-refractivity contribution >= 4 is 5.97 Å². The lowest BCUT2D eigenvalue weighted by atomic mass is 10.2. The van der Waals surface area contributed by atoms with Crippen LogP contribution in [0.5, 0.6) is 5.75 Å². The number of rotatable bonds is 8. The predicted molar refractivity (Wildman–Crippen MR) is 82.3 cm³/mol. The normalized spacial score (nSPS) is 11.2. The summed E-state index contributed by atoms with van der Waals surface area (Å²) in [7, 11) is 1.62. The second kappa shape index (κ2) is 10.7. The largest absolute Gasteiger partial charge is 0.497 e. The number of hydrogen-bond donors (Lipinski definition) is 1. The van der Waals surface area contributed by atoms with Gasteiger partial charge in [-0.1, -0.05) is 18.1 Å². The lowest BCUT2D eigenvalue weighted by Gasteiger charge is -2.14.